The summed E-state index contributed by atoms with van der Waals surface area (Å²) in [6, 6.07) is 15.7. The molecule has 0 amide bonds. The molecule has 0 bridgehead atoms. The Morgan fingerprint density at radius 2 is 1.20 bits per heavy atom. The second-order valence-corrected chi connectivity index (χ2v) is 8.46. The highest BCUT2D eigenvalue weighted by Gasteiger charge is 2.29. The largest absolute Gasteiger partial charge is 0.353 e. The first-order chi connectivity index (χ1) is 14.5. The van der Waals surface area contributed by atoms with Crippen LogP contribution in [-0.2, 0) is 9.47 Å². The Hall–Kier alpha value is -3.29. The summed E-state index contributed by atoms with van der Waals surface area (Å²) in [5.74, 6) is 0. The van der Waals surface area contributed by atoms with Crippen molar-refractivity contribution in [1.29, 1.82) is 0 Å². The molecule has 1 aliphatic rings. The number of ether oxygens (including phenoxy) is 2. The standard InChI is InChI=1S/C23H24N4O3/c1-23(2)12-29-22(30-13-23)21-10-9-20(27-21)19-8-7-18(26-19)17-6-5-16(25-17)15-4-3-14(11-28)24-15/h3-11,22,24-27H,12-13H2,1-2H3. The Morgan fingerprint density at radius 1 is 0.733 bits per heavy atom. The van der Waals surface area contributed by atoms with Gasteiger partial charge in [-0.15, -0.1) is 0 Å². The smallest absolute Gasteiger partial charge is 0.198 e. The first-order valence-corrected chi connectivity index (χ1v) is 9.96. The molecule has 7 nitrogen and oxygen atoms in total. The molecular formula is C23H24N4O3. The summed E-state index contributed by atoms with van der Waals surface area (Å²) in [6.45, 7) is 5.60. The minimum atomic E-state index is -0.357. The van der Waals surface area contributed by atoms with Gasteiger partial charge in [-0.25, -0.2) is 0 Å². The van der Waals surface area contributed by atoms with Gasteiger partial charge in [0.15, 0.2) is 12.6 Å². The number of rotatable bonds is 5. The fourth-order valence-electron chi connectivity index (χ4n) is 3.63. The third-order valence-electron chi connectivity index (χ3n) is 5.29. The maximum absolute atomic E-state index is 10.9. The number of carbonyl (C=O) groups excluding carboxylic acids is 1. The van der Waals surface area contributed by atoms with Gasteiger partial charge in [-0.05, 0) is 48.5 Å². The quantitative estimate of drug-likeness (QED) is 0.357. The lowest BCUT2D eigenvalue weighted by atomic mass is 9.95. The Bertz CT molecular complexity index is 1170. The number of aldehydes is 1. The van der Waals surface area contributed by atoms with Gasteiger partial charge >= 0.3 is 0 Å². The molecule has 4 aromatic rings. The number of nitrogens with one attached hydrogen (secondary N) is 4. The van der Waals surface area contributed by atoms with Crippen LogP contribution in [0, 0.1) is 5.41 Å². The number of hydrogen-bond acceptors (Lipinski definition) is 3. The first kappa shape index (κ1) is 18.7. The molecule has 0 spiro atoms. The highest BCUT2D eigenvalue weighted by atomic mass is 16.7. The minimum absolute atomic E-state index is 0.0457. The zero-order valence-corrected chi connectivity index (χ0v) is 16.9. The second-order valence-electron chi connectivity index (χ2n) is 8.46. The lowest BCUT2D eigenvalue weighted by molar-refractivity contribution is -0.227. The molecule has 1 fully saturated rings. The van der Waals surface area contributed by atoms with Crippen LogP contribution < -0.4 is 0 Å². The van der Waals surface area contributed by atoms with E-state index in [9.17, 15) is 4.79 Å². The average Bonchev–Trinajstić information content (AvgIpc) is 3.53. The molecule has 0 aliphatic carbocycles. The normalized spacial score (nSPS) is 16.7. The van der Waals surface area contributed by atoms with Crippen LogP contribution in [-0.4, -0.2) is 39.4 Å². The summed E-state index contributed by atoms with van der Waals surface area (Å²) in [5, 5.41) is 0. The van der Waals surface area contributed by atoms with Crippen LogP contribution >= 0.6 is 0 Å². The van der Waals surface area contributed by atoms with E-state index in [0.717, 1.165) is 46.1 Å². The van der Waals surface area contributed by atoms with Gasteiger partial charge in [-0.2, -0.15) is 0 Å². The van der Waals surface area contributed by atoms with Crippen LogP contribution in [0.1, 0.15) is 36.3 Å². The molecule has 5 rings (SSSR count). The molecule has 30 heavy (non-hydrogen) atoms. The van der Waals surface area contributed by atoms with Gasteiger partial charge in [0.1, 0.15) is 0 Å². The van der Waals surface area contributed by atoms with E-state index < -0.39 is 0 Å². The molecule has 0 aromatic carbocycles. The van der Waals surface area contributed by atoms with Crippen LogP contribution in [0.4, 0.5) is 0 Å². The maximum atomic E-state index is 10.9. The van der Waals surface area contributed by atoms with Gasteiger partial charge in [-0.1, -0.05) is 13.8 Å². The predicted molar refractivity (Wildman–Crippen MR) is 114 cm³/mol. The molecule has 5 heterocycles. The van der Waals surface area contributed by atoms with E-state index in [-0.39, 0.29) is 11.7 Å². The highest BCUT2D eigenvalue weighted by molar-refractivity contribution is 5.75. The fourth-order valence-corrected chi connectivity index (χ4v) is 3.63. The summed E-state index contributed by atoms with van der Waals surface area (Å²) in [4.78, 5) is 24.2. The van der Waals surface area contributed by atoms with Gasteiger partial charge in [0, 0.05) is 5.41 Å². The van der Waals surface area contributed by atoms with Crippen molar-refractivity contribution in [2.24, 2.45) is 5.41 Å². The molecule has 0 atom stereocenters. The van der Waals surface area contributed by atoms with Crippen molar-refractivity contribution in [2.45, 2.75) is 20.1 Å². The van der Waals surface area contributed by atoms with E-state index >= 15 is 0 Å². The van der Waals surface area contributed by atoms with E-state index in [1.54, 1.807) is 6.07 Å². The molecule has 0 radical (unpaired) electrons. The van der Waals surface area contributed by atoms with Crippen molar-refractivity contribution < 1.29 is 14.3 Å². The maximum Gasteiger partial charge on any atom is 0.198 e. The molecule has 4 N–H and O–H groups in total. The van der Waals surface area contributed by atoms with Crippen molar-refractivity contribution in [2.75, 3.05) is 13.2 Å². The van der Waals surface area contributed by atoms with Gasteiger partial charge in [0.25, 0.3) is 0 Å². The zero-order valence-electron chi connectivity index (χ0n) is 16.9. The Kier molecular flexibility index (Phi) is 4.49. The monoisotopic (exact) mass is 404 g/mol. The summed E-state index contributed by atoms with van der Waals surface area (Å²) < 4.78 is 11.7. The summed E-state index contributed by atoms with van der Waals surface area (Å²) in [6.07, 6.45) is 0.448. The van der Waals surface area contributed by atoms with Crippen molar-refractivity contribution in [3.63, 3.8) is 0 Å². The Labute approximate surface area is 173 Å². The topological polar surface area (TPSA) is 98.7 Å². The Balaban J connectivity index is 1.33. The van der Waals surface area contributed by atoms with Crippen LogP contribution in [0.5, 0.6) is 0 Å². The van der Waals surface area contributed by atoms with E-state index in [4.69, 9.17) is 9.47 Å². The van der Waals surface area contributed by atoms with Crippen LogP contribution in [0.15, 0.2) is 48.5 Å². The van der Waals surface area contributed by atoms with Gasteiger partial charge < -0.3 is 29.4 Å². The SMILES string of the molecule is CC1(C)COC(c2ccc(-c3ccc(-c4ccc(-c5ccc(C=O)[nH]5)[nH]4)[nH]3)[nH]2)OC1. The van der Waals surface area contributed by atoms with Crippen LogP contribution in [0.2, 0.25) is 0 Å². The molecule has 0 unspecified atom stereocenters. The lowest BCUT2D eigenvalue weighted by Gasteiger charge is -2.34. The van der Waals surface area contributed by atoms with Crippen LogP contribution in [0.25, 0.3) is 34.2 Å². The lowest BCUT2D eigenvalue weighted by Crippen LogP contribution is -2.33. The van der Waals surface area contributed by atoms with Crippen molar-refractivity contribution in [1.82, 2.24) is 19.9 Å². The van der Waals surface area contributed by atoms with Crippen molar-refractivity contribution >= 4 is 6.29 Å². The molecule has 0 saturated carbocycles. The van der Waals surface area contributed by atoms with Crippen LogP contribution in [0.3, 0.4) is 0 Å². The number of hydrogen-bond donors (Lipinski definition) is 4. The molecule has 1 saturated heterocycles. The number of carbonyl (C=O) groups is 1. The molecule has 1 aliphatic heterocycles. The number of aromatic amines is 4. The second kappa shape index (κ2) is 7.19. The van der Waals surface area contributed by atoms with Crippen molar-refractivity contribution in [3.05, 3.63) is 59.9 Å². The summed E-state index contributed by atoms with van der Waals surface area (Å²) in [5.41, 5.74) is 7.20. The third-order valence-corrected chi connectivity index (χ3v) is 5.29. The van der Waals surface area contributed by atoms with Gasteiger partial charge in [0.2, 0.25) is 0 Å². The highest BCUT2D eigenvalue weighted by Crippen LogP contribution is 2.32. The Morgan fingerprint density at radius 3 is 1.73 bits per heavy atom. The molecule has 154 valence electrons. The summed E-state index contributed by atoms with van der Waals surface area (Å²) >= 11 is 0. The minimum Gasteiger partial charge on any atom is -0.353 e. The number of H-pyrrole nitrogens is 4. The number of aromatic nitrogens is 4. The fraction of sp³-hybridized carbons (Fsp3) is 0.261. The van der Waals surface area contributed by atoms with E-state index in [0.29, 0.717) is 18.9 Å². The molecule has 7 heteroatoms. The predicted octanol–water partition coefficient (Wildman–Crippen LogP) is 4.88. The average molecular weight is 404 g/mol. The van der Waals surface area contributed by atoms with E-state index in [1.807, 2.05) is 42.5 Å². The molecule has 4 aromatic heterocycles. The van der Waals surface area contributed by atoms with Crippen molar-refractivity contribution in [3.8, 4) is 34.2 Å². The van der Waals surface area contributed by atoms with Gasteiger partial charge in [-0.3, -0.25) is 4.79 Å². The summed E-state index contributed by atoms with van der Waals surface area (Å²) in [7, 11) is 0. The zero-order chi connectivity index (χ0) is 20.7. The van der Waals surface area contributed by atoms with Gasteiger partial charge in [0.05, 0.1) is 58.8 Å². The van der Waals surface area contributed by atoms with E-state index in [2.05, 4.69) is 33.8 Å². The first-order valence-electron chi connectivity index (χ1n) is 9.96. The molecular weight excluding hydrogens is 380 g/mol. The van der Waals surface area contributed by atoms with E-state index in [1.165, 1.54) is 0 Å². The third kappa shape index (κ3) is 3.53.